The summed E-state index contributed by atoms with van der Waals surface area (Å²) in [6, 6.07) is 0. The minimum atomic E-state index is 0.517. The second kappa shape index (κ2) is 3.38. The Morgan fingerprint density at radius 1 is 1.40 bits per heavy atom. The molecule has 10 heavy (non-hydrogen) atoms. The Hall–Kier alpha value is -0.0400. The maximum atomic E-state index is 5.67. The quantitative estimate of drug-likeness (QED) is 0.576. The molecule has 0 aromatic carbocycles. The molecule has 1 saturated heterocycles. The molecule has 1 aliphatic rings. The van der Waals surface area contributed by atoms with Gasteiger partial charge in [-0.1, -0.05) is 13.8 Å². The molecule has 0 amide bonds. The summed E-state index contributed by atoms with van der Waals surface area (Å²) in [7, 11) is 0. The summed E-state index contributed by atoms with van der Waals surface area (Å²) >= 11 is 0. The molecule has 2 atom stereocenters. The summed E-state index contributed by atoms with van der Waals surface area (Å²) in [5.74, 6) is 0.787. The third kappa shape index (κ3) is 2.30. The molecule has 0 radical (unpaired) electrons. The smallest absolute Gasteiger partial charge is 0.0582 e. The van der Waals surface area contributed by atoms with Gasteiger partial charge in [0.1, 0.15) is 0 Å². The Bertz CT molecular complexity index is 98.9. The SMILES string of the molecule is CC(C)CC1CCC(C)O1. The minimum Gasteiger partial charge on any atom is -0.375 e. The van der Waals surface area contributed by atoms with Crippen LogP contribution in [0.1, 0.15) is 40.0 Å². The van der Waals surface area contributed by atoms with Gasteiger partial charge < -0.3 is 4.74 Å². The van der Waals surface area contributed by atoms with E-state index in [1.807, 2.05) is 0 Å². The first-order chi connectivity index (χ1) is 4.68. The predicted molar refractivity (Wildman–Crippen MR) is 43.0 cm³/mol. The number of hydrogen-bond donors (Lipinski definition) is 0. The van der Waals surface area contributed by atoms with Gasteiger partial charge in [0.15, 0.2) is 0 Å². The van der Waals surface area contributed by atoms with Crippen LogP contribution in [0.3, 0.4) is 0 Å². The molecular weight excluding hydrogens is 124 g/mol. The van der Waals surface area contributed by atoms with E-state index in [1.54, 1.807) is 0 Å². The third-order valence-electron chi connectivity index (χ3n) is 2.05. The predicted octanol–water partition coefficient (Wildman–Crippen LogP) is 2.60. The van der Waals surface area contributed by atoms with Gasteiger partial charge in [0.25, 0.3) is 0 Å². The van der Waals surface area contributed by atoms with Gasteiger partial charge in [-0.2, -0.15) is 0 Å². The molecule has 0 bridgehead atoms. The van der Waals surface area contributed by atoms with E-state index in [2.05, 4.69) is 20.8 Å². The van der Waals surface area contributed by atoms with Crippen LogP contribution in [0.4, 0.5) is 0 Å². The van der Waals surface area contributed by atoms with Crippen molar-refractivity contribution in [2.75, 3.05) is 0 Å². The fourth-order valence-corrected chi connectivity index (χ4v) is 1.58. The Kier molecular flexibility index (Phi) is 2.72. The topological polar surface area (TPSA) is 9.23 Å². The second-order valence-electron chi connectivity index (χ2n) is 3.78. The molecule has 1 nitrogen and oxygen atoms in total. The van der Waals surface area contributed by atoms with E-state index in [1.165, 1.54) is 19.3 Å². The zero-order valence-electron chi connectivity index (χ0n) is 7.26. The van der Waals surface area contributed by atoms with E-state index in [0.717, 1.165) is 5.92 Å². The fraction of sp³-hybridized carbons (Fsp3) is 1.00. The third-order valence-corrected chi connectivity index (χ3v) is 2.05. The Morgan fingerprint density at radius 2 is 2.10 bits per heavy atom. The Balaban J connectivity index is 2.18. The molecule has 1 heterocycles. The summed E-state index contributed by atoms with van der Waals surface area (Å²) in [6.07, 6.45) is 4.86. The lowest BCUT2D eigenvalue weighted by atomic mass is 10.0. The molecule has 1 aliphatic heterocycles. The van der Waals surface area contributed by atoms with Crippen molar-refractivity contribution in [3.05, 3.63) is 0 Å². The highest BCUT2D eigenvalue weighted by molar-refractivity contribution is 4.71. The summed E-state index contributed by atoms with van der Waals surface area (Å²) in [5, 5.41) is 0. The lowest BCUT2D eigenvalue weighted by Crippen LogP contribution is -2.10. The lowest BCUT2D eigenvalue weighted by molar-refractivity contribution is 0.0438. The van der Waals surface area contributed by atoms with E-state index < -0.39 is 0 Å². The summed E-state index contributed by atoms with van der Waals surface area (Å²) in [5.41, 5.74) is 0. The van der Waals surface area contributed by atoms with Crippen LogP contribution >= 0.6 is 0 Å². The average molecular weight is 142 g/mol. The molecule has 1 rings (SSSR count). The summed E-state index contributed by atoms with van der Waals surface area (Å²) < 4.78 is 5.67. The molecule has 1 fully saturated rings. The molecule has 0 aromatic heterocycles. The van der Waals surface area contributed by atoms with Gasteiger partial charge in [0.05, 0.1) is 12.2 Å². The first-order valence-electron chi connectivity index (χ1n) is 4.34. The molecule has 2 unspecified atom stereocenters. The van der Waals surface area contributed by atoms with E-state index in [4.69, 9.17) is 4.74 Å². The zero-order valence-corrected chi connectivity index (χ0v) is 7.26. The van der Waals surface area contributed by atoms with Crippen LogP contribution < -0.4 is 0 Å². The number of hydrogen-bond acceptors (Lipinski definition) is 1. The first kappa shape index (κ1) is 8.06. The molecule has 0 aliphatic carbocycles. The largest absolute Gasteiger partial charge is 0.375 e. The molecule has 60 valence electrons. The molecule has 0 spiro atoms. The molecule has 0 aromatic rings. The highest BCUT2D eigenvalue weighted by Crippen LogP contribution is 2.23. The van der Waals surface area contributed by atoms with E-state index in [9.17, 15) is 0 Å². The van der Waals surface area contributed by atoms with Gasteiger partial charge in [-0.15, -0.1) is 0 Å². The van der Waals surface area contributed by atoms with Crippen molar-refractivity contribution in [2.45, 2.75) is 52.2 Å². The van der Waals surface area contributed by atoms with Gasteiger partial charge in [0, 0.05) is 0 Å². The maximum absolute atomic E-state index is 5.67. The van der Waals surface area contributed by atoms with Crippen molar-refractivity contribution >= 4 is 0 Å². The fourth-order valence-electron chi connectivity index (χ4n) is 1.58. The van der Waals surface area contributed by atoms with Crippen molar-refractivity contribution in [3.63, 3.8) is 0 Å². The van der Waals surface area contributed by atoms with E-state index >= 15 is 0 Å². The molecule has 1 heteroatoms. The second-order valence-corrected chi connectivity index (χ2v) is 3.78. The van der Waals surface area contributed by atoms with Crippen LogP contribution in [0.5, 0.6) is 0 Å². The zero-order chi connectivity index (χ0) is 7.56. The highest BCUT2D eigenvalue weighted by Gasteiger charge is 2.21. The van der Waals surface area contributed by atoms with Gasteiger partial charge in [-0.25, -0.2) is 0 Å². The Labute approximate surface area is 63.8 Å². The highest BCUT2D eigenvalue weighted by atomic mass is 16.5. The summed E-state index contributed by atoms with van der Waals surface area (Å²) in [4.78, 5) is 0. The van der Waals surface area contributed by atoms with Crippen LogP contribution in [0.2, 0.25) is 0 Å². The van der Waals surface area contributed by atoms with Crippen molar-refractivity contribution in [1.29, 1.82) is 0 Å². The minimum absolute atomic E-state index is 0.517. The van der Waals surface area contributed by atoms with Crippen LogP contribution in [0.25, 0.3) is 0 Å². The van der Waals surface area contributed by atoms with Crippen molar-refractivity contribution < 1.29 is 4.74 Å². The van der Waals surface area contributed by atoms with Gasteiger partial charge >= 0.3 is 0 Å². The number of rotatable bonds is 2. The van der Waals surface area contributed by atoms with Crippen LogP contribution in [0, 0.1) is 5.92 Å². The lowest BCUT2D eigenvalue weighted by Gasteiger charge is -2.12. The number of ether oxygens (including phenoxy) is 1. The van der Waals surface area contributed by atoms with Crippen molar-refractivity contribution in [3.8, 4) is 0 Å². The normalized spacial score (nSPS) is 33.6. The summed E-state index contributed by atoms with van der Waals surface area (Å²) in [6.45, 7) is 6.68. The molecule has 0 saturated carbocycles. The van der Waals surface area contributed by atoms with Crippen LogP contribution in [0.15, 0.2) is 0 Å². The van der Waals surface area contributed by atoms with Gasteiger partial charge in [-0.05, 0) is 32.1 Å². The molecule has 0 N–H and O–H groups in total. The standard InChI is InChI=1S/C9H18O/c1-7(2)6-9-5-4-8(3)10-9/h7-9H,4-6H2,1-3H3. The average Bonchev–Trinajstić information content (AvgIpc) is 2.13. The van der Waals surface area contributed by atoms with Crippen LogP contribution in [-0.4, -0.2) is 12.2 Å². The molecular formula is C9H18O. The van der Waals surface area contributed by atoms with E-state index in [-0.39, 0.29) is 0 Å². The first-order valence-corrected chi connectivity index (χ1v) is 4.34. The van der Waals surface area contributed by atoms with E-state index in [0.29, 0.717) is 12.2 Å². The maximum Gasteiger partial charge on any atom is 0.0582 e. The van der Waals surface area contributed by atoms with Gasteiger partial charge in [0.2, 0.25) is 0 Å². The van der Waals surface area contributed by atoms with Crippen LogP contribution in [-0.2, 0) is 4.74 Å². The Morgan fingerprint density at radius 3 is 2.50 bits per heavy atom. The van der Waals surface area contributed by atoms with Gasteiger partial charge in [-0.3, -0.25) is 0 Å². The van der Waals surface area contributed by atoms with Crippen molar-refractivity contribution in [2.24, 2.45) is 5.92 Å². The monoisotopic (exact) mass is 142 g/mol. The van der Waals surface area contributed by atoms with Crippen molar-refractivity contribution in [1.82, 2.24) is 0 Å².